The molecule has 10 nitrogen and oxygen atoms in total. The zero-order valence-electron chi connectivity index (χ0n) is 22.1. The summed E-state index contributed by atoms with van der Waals surface area (Å²) in [5.74, 6) is -1.28. The fourth-order valence-corrected chi connectivity index (χ4v) is 4.89. The number of carbonyl (C=O) groups excluding carboxylic acids is 3. The monoisotopic (exact) mass is 592 g/mol. The number of likely N-dealkylation sites (tertiary alicyclic amines) is 1. The second-order valence-electron chi connectivity index (χ2n) is 9.30. The number of alkyl carbamates (subject to hydrolysis) is 1. The summed E-state index contributed by atoms with van der Waals surface area (Å²) >= 11 is 11.8. The average molecular weight is 594 g/mol. The molecule has 0 bridgehead atoms. The number of carboxylic acids is 1. The van der Waals surface area contributed by atoms with E-state index < -0.39 is 36.0 Å². The summed E-state index contributed by atoms with van der Waals surface area (Å²) in [6.45, 7) is 1.31. The van der Waals surface area contributed by atoms with E-state index in [0.717, 1.165) is 16.8 Å². The number of nitrogens with one attached hydrogen (secondary N) is 2. The molecule has 1 aliphatic heterocycles. The van der Waals surface area contributed by atoms with Crippen molar-refractivity contribution in [2.75, 3.05) is 42.8 Å². The highest BCUT2D eigenvalue weighted by molar-refractivity contribution is 6.18. The average Bonchev–Trinajstić information content (AvgIpc) is 3.46. The second-order valence-corrected chi connectivity index (χ2v) is 10.1. The predicted molar refractivity (Wildman–Crippen MR) is 153 cm³/mol. The van der Waals surface area contributed by atoms with Crippen LogP contribution in [0.3, 0.4) is 0 Å². The number of halogens is 2. The molecule has 1 heterocycles. The van der Waals surface area contributed by atoms with Crippen molar-refractivity contribution < 1.29 is 29.0 Å². The molecule has 2 atom stereocenters. The van der Waals surface area contributed by atoms with E-state index in [-0.39, 0.29) is 19.6 Å². The van der Waals surface area contributed by atoms with Crippen molar-refractivity contribution >= 4 is 52.8 Å². The number of rotatable bonds is 14. The lowest BCUT2D eigenvalue weighted by molar-refractivity contribution is -0.143. The Hall–Kier alpha value is -3.50. The molecule has 3 rings (SSSR count). The zero-order valence-corrected chi connectivity index (χ0v) is 23.6. The summed E-state index contributed by atoms with van der Waals surface area (Å²) in [5, 5.41) is 14.8. The lowest BCUT2D eigenvalue weighted by atomic mass is 10.0. The van der Waals surface area contributed by atoms with Crippen molar-refractivity contribution in [2.45, 2.75) is 38.0 Å². The highest BCUT2D eigenvalue weighted by Crippen LogP contribution is 2.19. The normalized spacial score (nSPS) is 15.2. The third kappa shape index (κ3) is 9.31. The Kier molecular flexibility index (Phi) is 12.4. The van der Waals surface area contributed by atoms with Crippen LogP contribution in [0, 0.1) is 0 Å². The smallest absolute Gasteiger partial charge is 0.407 e. The quantitative estimate of drug-likeness (QED) is 0.288. The molecule has 216 valence electrons. The first-order chi connectivity index (χ1) is 19.3. The van der Waals surface area contributed by atoms with Crippen LogP contribution in [0.5, 0.6) is 0 Å². The van der Waals surface area contributed by atoms with E-state index >= 15 is 0 Å². The van der Waals surface area contributed by atoms with Crippen LogP contribution in [0.15, 0.2) is 54.6 Å². The van der Waals surface area contributed by atoms with Crippen LogP contribution < -0.4 is 15.5 Å². The van der Waals surface area contributed by atoms with Crippen LogP contribution >= 0.6 is 23.2 Å². The molecule has 0 aliphatic carbocycles. The third-order valence-corrected chi connectivity index (χ3v) is 6.88. The summed E-state index contributed by atoms with van der Waals surface area (Å²) in [5.41, 5.74) is 2.45. The summed E-state index contributed by atoms with van der Waals surface area (Å²) in [4.78, 5) is 53.2. The molecule has 1 unspecified atom stereocenters. The fourth-order valence-electron chi connectivity index (χ4n) is 4.48. The number of carbonyl (C=O) groups is 4. The molecule has 0 spiro atoms. The maximum Gasteiger partial charge on any atom is 0.407 e. The number of amides is 3. The van der Waals surface area contributed by atoms with Gasteiger partial charge < -0.3 is 30.3 Å². The number of nitrogens with zero attached hydrogens (tertiary/aromatic N) is 2. The minimum atomic E-state index is -1.18. The van der Waals surface area contributed by atoms with Gasteiger partial charge in [0.2, 0.25) is 11.8 Å². The largest absolute Gasteiger partial charge is 0.480 e. The van der Waals surface area contributed by atoms with E-state index in [1.54, 1.807) is 12.1 Å². The van der Waals surface area contributed by atoms with Crippen LogP contribution in [-0.2, 0) is 32.1 Å². The van der Waals surface area contributed by atoms with Gasteiger partial charge in [0.1, 0.15) is 25.2 Å². The molecule has 40 heavy (non-hydrogen) atoms. The number of carboxylic acid groups (broad SMARTS) is 1. The van der Waals surface area contributed by atoms with Gasteiger partial charge in [0, 0.05) is 43.5 Å². The van der Waals surface area contributed by atoms with Crippen molar-refractivity contribution in [1.82, 2.24) is 15.5 Å². The molecular weight excluding hydrogens is 559 g/mol. The van der Waals surface area contributed by atoms with Gasteiger partial charge >= 0.3 is 12.1 Å². The topological polar surface area (TPSA) is 128 Å². The van der Waals surface area contributed by atoms with E-state index in [0.29, 0.717) is 44.2 Å². The first-order valence-corrected chi connectivity index (χ1v) is 14.1. The van der Waals surface area contributed by atoms with E-state index in [1.165, 1.54) is 4.90 Å². The van der Waals surface area contributed by atoms with Gasteiger partial charge in [-0.25, -0.2) is 9.59 Å². The number of hydrogen-bond acceptors (Lipinski definition) is 6. The first-order valence-electron chi connectivity index (χ1n) is 13.1. The number of ether oxygens (including phenoxy) is 1. The molecule has 2 aromatic rings. The summed E-state index contributed by atoms with van der Waals surface area (Å²) < 4.78 is 5.12. The van der Waals surface area contributed by atoms with Crippen molar-refractivity contribution in [2.24, 2.45) is 0 Å². The van der Waals surface area contributed by atoms with Crippen LogP contribution in [0.4, 0.5) is 10.5 Å². The van der Waals surface area contributed by atoms with Gasteiger partial charge in [-0.2, -0.15) is 0 Å². The molecule has 12 heteroatoms. The van der Waals surface area contributed by atoms with E-state index in [2.05, 4.69) is 10.6 Å². The Labute approximate surface area is 243 Å². The van der Waals surface area contributed by atoms with Crippen molar-refractivity contribution in [1.29, 1.82) is 0 Å². The Morgan fingerprint density at radius 1 is 1.00 bits per heavy atom. The zero-order chi connectivity index (χ0) is 28.9. The number of alkyl halides is 2. The standard InChI is InChI=1S/C28H34Cl2N4O6/c29-12-15-33(16-13-30)22-10-8-20(9-11-22)17-23(27(37)38)32-26(36)24-7-4-14-34(24)25(35)18-31-28(39)40-19-21-5-2-1-3-6-21/h1-3,5-6,8-11,23-24H,4,7,12-19H2,(H,31,39)(H,32,36)(H,37,38)/t23-,24?/m0/s1. The molecule has 1 aliphatic rings. The van der Waals surface area contributed by atoms with Gasteiger partial charge in [-0.05, 0) is 36.1 Å². The number of hydrogen-bond donors (Lipinski definition) is 3. The number of anilines is 1. The van der Waals surface area contributed by atoms with E-state index in [4.69, 9.17) is 27.9 Å². The fraction of sp³-hybridized carbons (Fsp3) is 0.429. The lowest BCUT2D eigenvalue weighted by Gasteiger charge is -2.26. The SMILES string of the molecule is O=C(NCC(=O)N1CCCC1C(=O)N[C@@H](Cc1ccc(N(CCCl)CCCl)cc1)C(=O)O)OCc1ccccc1. The van der Waals surface area contributed by atoms with Crippen LogP contribution in [0.1, 0.15) is 24.0 Å². The molecule has 0 aromatic heterocycles. The van der Waals surface area contributed by atoms with Gasteiger partial charge in [-0.3, -0.25) is 9.59 Å². The Morgan fingerprint density at radius 2 is 1.68 bits per heavy atom. The van der Waals surface area contributed by atoms with Crippen molar-refractivity contribution in [3.8, 4) is 0 Å². The highest BCUT2D eigenvalue weighted by Gasteiger charge is 2.36. The minimum absolute atomic E-state index is 0.0635. The van der Waals surface area contributed by atoms with Gasteiger partial charge in [-0.15, -0.1) is 23.2 Å². The van der Waals surface area contributed by atoms with E-state index in [9.17, 15) is 24.3 Å². The lowest BCUT2D eigenvalue weighted by Crippen LogP contribution is -2.53. The molecule has 0 radical (unpaired) electrons. The van der Waals surface area contributed by atoms with Gasteiger partial charge in [0.05, 0.1) is 0 Å². The Morgan fingerprint density at radius 3 is 2.30 bits per heavy atom. The molecular formula is C28H34Cl2N4O6. The Bertz CT molecular complexity index is 1130. The Balaban J connectivity index is 1.52. The maximum absolute atomic E-state index is 13.0. The molecule has 1 saturated heterocycles. The van der Waals surface area contributed by atoms with Crippen molar-refractivity contribution in [3.63, 3.8) is 0 Å². The molecule has 0 saturated carbocycles. The molecule has 3 N–H and O–H groups in total. The summed E-state index contributed by atoms with van der Waals surface area (Å²) in [6, 6.07) is 14.5. The first kappa shape index (κ1) is 31.0. The van der Waals surface area contributed by atoms with Crippen LogP contribution in [-0.4, -0.2) is 83.9 Å². The minimum Gasteiger partial charge on any atom is -0.480 e. The second kappa shape index (κ2) is 15.9. The molecule has 1 fully saturated rings. The predicted octanol–water partition coefficient (Wildman–Crippen LogP) is 3.00. The number of benzene rings is 2. The van der Waals surface area contributed by atoms with Gasteiger partial charge in [0.25, 0.3) is 0 Å². The number of aliphatic carboxylic acids is 1. The van der Waals surface area contributed by atoms with Gasteiger partial charge in [0.15, 0.2) is 0 Å². The summed E-state index contributed by atoms with van der Waals surface area (Å²) in [7, 11) is 0. The summed E-state index contributed by atoms with van der Waals surface area (Å²) in [6.07, 6.45) is 0.307. The maximum atomic E-state index is 13.0. The molecule has 3 amide bonds. The van der Waals surface area contributed by atoms with Crippen LogP contribution in [0.2, 0.25) is 0 Å². The van der Waals surface area contributed by atoms with Gasteiger partial charge in [-0.1, -0.05) is 42.5 Å². The highest BCUT2D eigenvalue weighted by atomic mass is 35.5. The van der Waals surface area contributed by atoms with Crippen LogP contribution in [0.25, 0.3) is 0 Å². The van der Waals surface area contributed by atoms with E-state index in [1.807, 2.05) is 47.4 Å². The third-order valence-electron chi connectivity index (χ3n) is 6.54. The molecule has 2 aromatic carbocycles. The van der Waals surface area contributed by atoms with Crippen molar-refractivity contribution in [3.05, 3.63) is 65.7 Å².